The summed E-state index contributed by atoms with van der Waals surface area (Å²) in [5.74, 6) is 0.344. The Hall–Kier alpha value is -1.78. The number of rotatable bonds is 3. The zero-order valence-corrected chi connectivity index (χ0v) is 13.2. The Morgan fingerprint density at radius 2 is 2.19 bits per heavy atom. The van der Waals surface area contributed by atoms with Gasteiger partial charge in [0.2, 0.25) is 0 Å². The van der Waals surface area contributed by atoms with Crippen molar-refractivity contribution in [1.82, 2.24) is 4.98 Å². The molecule has 2 N–H and O–H groups in total. The number of nitrogens with zero attached hydrogens (tertiary/aromatic N) is 2. The maximum absolute atomic E-state index is 12.1. The summed E-state index contributed by atoms with van der Waals surface area (Å²) in [6.07, 6.45) is 4.98. The van der Waals surface area contributed by atoms with Crippen LogP contribution in [0.3, 0.4) is 0 Å². The molecular weight excluding hydrogens is 266 g/mol. The Morgan fingerprint density at radius 3 is 2.90 bits per heavy atom. The van der Waals surface area contributed by atoms with Gasteiger partial charge in [0.25, 0.3) is 0 Å². The first-order valence-electron chi connectivity index (χ1n) is 7.60. The van der Waals surface area contributed by atoms with E-state index in [0.717, 1.165) is 25.9 Å². The average Bonchev–Trinajstić information content (AvgIpc) is 2.60. The minimum absolute atomic E-state index is 0.340. The zero-order valence-electron chi connectivity index (χ0n) is 13.2. The fourth-order valence-electron chi connectivity index (χ4n) is 2.72. The maximum atomic E-state index is 12.1. The number of hydrogen-bond donors (Lipinski definition) is 1. The van der Waals surface area contributed by atoms with E-state index in [2.05, 4.69) is 23.7 Å². The highest BCUT2D eigenvalue weighted by Crippen LogP contribution is 2.32. The standard InChI is InChI=1S/C16H25N3O2/c1-4-21-15(20)13-10-12(17)11-18-14(13)19-8-5-6-16(2,3)7-9-19/h10-11H,4-9,17H2,1-3H3. The van der Waals surface area contributed by atoms with Crippen molar-refractivity contribution in [3.05, 3.63) is 17.8 Å². The van der Waals surface area contributed by atoms with Crippen LogP contribution in [0.15, 0.2) is 12.3 Å². The first kappa shape index (κ1) is 15.6. The van der Waals surface area contributed by atoms with Crippen molar-refractivity contribution < 1.29 is 9.53 Å². The maximum Gasteiger partial charge on any atom is 0.341 e. The second-order valence-corrected chi connectivity index (χ2v) is 6.37. The van der Waals surface area contributed by atoms with Gasteiger partial charge < -0.3 is 15.4 Å². The van der Waals surface area contributed by atoms with E-state index in [4.69, 9.17) is 10.5 Å². The predicted octanol–water partition coefficient (Wildman–Crippen LogP) is 2.86. The van der Waals surface area contributed by atoms with Gasteiger partial charge in [0.05, 0.1) is 18.5 Å². The van der Waals surface area contributed by atoms with Crippen LogP contribution in [-0.4, -0.2) is 30.6 Å². The van der Waals surface area contributed by atoms with Crippen LogP contribution >= 0.6 is 0 Å². The molecule has 0 saturated carbocycles. The summed E-state index contributed by atoms with van der Waals surface area (Å²) in [7, 11) is 0. The molecule has 0 unspecified atom stereocenters. The van der Waals surface area contributed by atoms with Gasteiger partial charge in [0.15, 0.2) is 0 Å². The van der Waals surface area contributed by atoms with Crippen molar-refractivity contribution in [2.24, 2.45) is 5.41 Å². The largest absolute Gasteiger partial charge is 0.462 e. The third-order valence-electron chi connectivity index (χ3n) is 4.02. The summed E-state index contributed by atoms with van der Waals surface area (Å²) >= 11 is 0. The monoisotopic (exact) mass is 291 g/mol. The van der Waals surface area contributed by atoms with Crippen LogP contribution in [0, 0.1) is 5.41 Å². The quantitative estimate of drug-likeness (QED) is 0.867. The molecule has 0 bridgehead atoms. The molecule has 116 valence electrons. The molecule has 5 heteroatoms. The average molecular weight is 291 g/mol. The number of aromatic nitrogens is 1. The first-order valence-corrected chi connectivity index (χ1v) is 7.60. The lowest BCUT2D eigenvalue weighted by Gasteiger charge is -2.25. The number of pyridine rings is 1. The van der Waals surface area contributed by atoms with Crippen molar-refractivity contribution in [2.75, 3.05) is 30.3 Å². The normalized spacial score (nSPS) is 18.1. The molecule has 0 aromatic carbocycles. The van der Waals surface area contributed by atoms with Crippen LogP contribution in [0.5, 0.6) is 0 Å². The molecule has 1 aromatic heterocycles. The van der Waals surface area contributed by atoms with Crippen molar-refractivity contribution in [3.8, 4) is 0 Å². The summed E-state index contributed by atoms with van der Waals surface area (Å²) in [4.78, 5) is 18.7. The third-order valence-corrected chi connectivity index (χ3v) is 4.02. The number of hydrogen-bond acceptors (Lipinski definition) is 5. The van der Waals surface area contributed by atoms with E-state index in [1.807, 2.05) is 0 Å². The molecule has 0 radical (unpaired) electrons. The van der Waals surface area contributed by atoms with Crippen LogP contribution in [0.1, 0.15) is 50.4 Å². The summed E-state index contributed by atoms with van der Waals surface area (Å²) in [6.45, 7) is 8.53. The smallest absolute Gasteiger partial charge is 0.341 e. The SMILES string of the molecule is CCOC(=O)c1cc(N)cnc1N1CCCC(C)(C)CC1. The van der Waals surface area contributed by atoms with Crippen LogP contribution < -0.4 is 10.6 Å². The second kappa shape index (κ2) is 6.33. The van der Waals surface area contributed by atoms with Gasteiger partial charge in [0.1, 0.15) is 11.4 Å². The van der Waals surface area contributed by atoms with E-state index in [9.17, 15) is 4.79 Å². The van der Waals surface area contributed by atoms with Gasteiger partial charge in [-0.15, -0.1) is 0 Å². The molecule has 2 rings (SSSR count). The number of ether oxygens (including phenoxy) is 1. The molecule has 0 amide bonds. The molecule has 1 saturated heterocycles. The van der Waals surface area contributed by atoms with E-state index in [1.54, 1.807) is 19.2 Å². The van der Waals surface area contributed by atoms with Gasteiger partial charge in [-0.25, -0.2) is 9.78 Å². The second-order valence-electron chi connectivity index (χ2n) is 6.37. The molecule has 0 aliphatic carbocycles. The number of anilines is 2. The molecule has 1 aromatic rings. The van der Waals surface area contributed by atoms with Gasteiger partial charge in [-0.3, -0.25) is 0 Å². The zero-order chi connectivity index (χ0) is 15.5. The topological polar surface area (TPSA) is 68.5 Å². The molecule has 1 aliphatic heterocycles. The van der Waals surface area contributed by atoms with Crippen LogP contribution in [0.4, 0.5) is 11.5 Å². The molecule has 1 aliphatic rings. The number of esters is 1. The summed E-state index contributed by atoms with van der Waals surface area (Å²) in [5.41, 5.74) is 7.07. The molecule has 0 atom stereocenters. The minimum atomic E-state index is -0.351. The van der Waals surface area contributed by atoms with Crippen molar-refractivity contribution >= 4 is 17.5 Å². The third kappa shape index (κ3) is 3.86. The Kier molecular flexibility index (Phi) is 4.70. The number of carbonyl (C=O) groups excluding carboxylic acids is 1. The van der Waals surface area contributed by atoms with E-state index < -0.39 is 0 Å². The molecule has 1 fully saturated rings. The fourth-order valence-corrected chi connectivity index (χ4v) is 2.72. The number of nitrogens with two attached hydrogens (primary N) is 1. The van der Waals surface area contributed by atoms with Crippen molar-refractivity contribution in [3.63, 3.8) is 0 Å². The highest BCUT2D eigenvalue weighted by atomic mass is 16.5. The Labute approximate surface area is 126 Å². The lowest BCUT2D eigenvalue weighted by atomic mass is 9.85. The Morgan fingerprint density at radius 1 is 1.43 bits per heavy atom. The van der Waals surface area contributed by atoms with Gasteiger partial charge in [-0.05, 0) is 37.7 Å². The summed E-state index contributed by atoms with van der Waals surface area (Å²) in [5, 5.41) is 0. The van der Waals surface area contributed by atoms with E-state index >= 15 is 0 Å². The number of carbonyl (C=O) groups is 1. The highest BCUT2D eigenvalue weighted by Gasteiger charge is 2.26. The van der Waals surface area contributed by atoms with Crippen LogP contribution in [0.25, 0.3) is 0 Å². The first-order chi connectivity index (χ1) is 9.93. The summed E-state index contributed by atoms with van der Waals surface area (Å²) < 4.78 is 5.13. The van der Waals surface area contributed by atoms with E-state index in [0.29, 0.717) is 29.1 Å². The van der Waals surface area contributed by atoms with Gasteiger partial charge in [-0.1, -0.05) is 13.8 Å². The minimum Gasteiger partial charge on any atom is -0.462 e. The van der Waals surface area contributed by atoms with Crippen molar-refractivity contribution in [1.29, 1.82) is 0 Å². The van der Waals surface area contributed by atoms with Crippen LogP contribution in [-0.2, 0) is 4.74 Å². The fraction of sp³-hybridized carbons (Fsp3) is 0.625. The lowest BCUT2D eigenvalue weighted by molar-refractivity contribution is 0.0526. The lowest BCUT2D eigenvalue weighted by Crippen LogP contribution is -2.28. The van der Waals surface area contributed by atoms with Gasteiger partial charge in [-0.2, -0.15) is 0 Å². The highest BCUT2D eigenvalue weighted by molar-refractivity contribution is 5.95. The molecule has 5 nitrogen and oxygen atoms in total. The molecule has 2 heterocycles. The molecular formula is C16H25N3O2. The van der Waals surface area contributed by atoms with Gasteiger partial charge in [0, 0.05) is 13.1 Å². The summed E-state index contributed by atoms with van der Waals surface area (Å²) in [6, 6.07) is 1.66. The van der Waals surface area contributed by atoms with Crippen molar-refractivity contribution in [2.45, 2.75) is 40.0 Å². The Bertz CT molecular complexity index is 514. The van der Waals surface area contributed by atoms with Crippen LogP contribution in [0.2, 0.25) is 0 Å². The van der Waals surface area contributed by atoms with Gasteiger partial charge >= 0.3 is 5.97 Å². The molecule has 21 heavy (non-hydrogen) atoms. The molecule has 0 spiro atoms. The Balaban J connectivity index is 2.28. The predicted molar refractivity (Wildman–Crippen MR) is 84.5 cm³/mol. The van der Waals surface area contributed by atoms with E-state index in [-0.39, 0.29) is 5.97 Å². The number of nitrogen functional groups attached to an aromatic ring is 1. The van der Waals surface area contributed by atoms with E-state index in [1.165, 1.54) is 6.42 Å².